The van der Waals surface area contributed by atoms with Crippen LogP contribution in [0.3, 0.4) is 0 Å². The standard InChI is InChI=1S/C14H18BrClO2S/c15-10-14(8-4-1-5-9-14)11-19(17,18)13-7-3-2-6-12(13)16/h2-3,6-7H,1,4-5,8-11H2. The molecule has 0 amide bonds. The van der Waals surface area contributed by atoms with Gasteiger partial charge in [0.05, 0.1) is 15.7 Å². The molecule has 0 saturated heterocycles. The van der Waals surface area contributed by atoms with Crippen molar-refractivity contribution in [1.82, 2.24) is 0 Å². The summed E-state index contributed by atoms with van der Waals surface area (Å²) in [6, 6.07) is 6.71. The Bertz CT molecular complexity index is 536. The molecule has 0 aromatic heterocycles. The van der Waals surface area contributed by atoms with Crippen LogP contribution in [0.4, 0.5) is 0 Å². The van der Waals surface area contributed by atoms with E-state index in [1.807, 2.05) is 0 Å². The summed E-state index contributed by atoms with van der Waals surface area (Å²) < 4.78 is 25.2. The summed E-state index contributed by atoms with van der Waals surface area (Å²) in [5, 5.41) is 1.06. The van der Waals surface area contributed by atoms with Gasteiger partial charge in [-0.05, 0) is 30.4 Å². The summed E-state index contributed by atoms with van der Waals surface area (Å²) in [6.07, 6.45) is 5.39. The Morgan fingerprint density at radius 3 is 2.37 bits per heavy atom. The summed E-state index contributed by atoms with van der Waals surface area (Å²) in [4.78, 5) is 0.266. The molecule has 0 spiro atoms. The maximum absolute atomic E-state index is 12.6. The summed E-state index contributed by atoms with van der Waals surface area (Å²) in [7, 11) is -3.32. The summed E-state index contributed by atoms with van der Waals surface area (Å²) in [5.41, 5.74) is -0.129. The van der Waals surface area contributed by atoms with Crippen molar-refractivity contribution in [3.05, 3.63) is 29.3 Å². The van der Waals surface area contributed by atoms with Gasteiger partial charge in [-0.15, -0.1) is 0 Å². The highest BCUT2D eigenvalue weighted by Gasteiger charge is 2.36. The van der Waals surface area contributed by atoms with Crippen LogP contribution in [-0.4, -0.2) is 19.5 Å². The fourth-order valence-corrected chi connectivity index (χ4v) is 6.31. The Morgan fingerprint density at radius 1 is 1.16 bits per heavy atom. The van der Waals surface area contributed by atoms with Crippen molar-refractivity contribution in [3.8, 4) is 0 Å². The molecule has 1 aromatic carbocycles. The number of rotatable bonds is 4. The monoisotopic (exact) mass is 364 g/mol. The molecule has 0 heterocycles. The van der Waals surface area contributed by atoms with E-state index in [-0.39, 0.29) is 16.1 Å². The van der Waals surface area contributed by atoms with Crippen LogP contribution in [-0.2, 0) is 9.84 Å². The molecule has 19 heavy (non-hydrogen) atoms. The second kappa shape index (κ2) is 6.15. The van der Waals surface area contributed by atoms with E-state index in [0.29, 0.717) is 5.02 Å². The van der Waals surface area contributed by atoms with Gasteiger partial charge >= 0.3 is 0 Å². The van der Waals surface area contributed by atoms with Crippen LogP contribution >= 0.6 is 27.5 Å². The molecule has 2 rings (SSSR count). The molecule has 1 fully saturated rings. The quantitative estimate of drug-likeness (QED) is 0.738. The minimum absolute atomic E-state index is 0.129. The topological polar surface area (TPSA) is 34.1 Å². The molecule has 2 nitrogen and oxygen atoms in total. The molecule has 1 aliphatic rings. The third-order valence-electron chi connectivity index (χ3n) is 3.87. The van der Waals surface area contributed by atoms with Gasteiger partial charge in [-0.1, -0.05) is 58.9 Å². The zero-order valence-corrected chi connectivity index (χ0v) is 13.9. The third-order valence-corrected chi connectivity index (χ3v) is 7.52. The first-order chi connectivity index (χ1) is 8.99. The highest BCUT2D eigenvalue weighted by molar-refractivity contribution is 9.09. The van der Waals surface area contributed by atoms with Gasteiger partial charge in [0.2, 0.25) is 0 Å². The average Bonchev–Trinajstić information content (AvgIpc) is 2.39. The van der Waals surface area contributed by atoms with E-state index in [4.69, 9.17) is 11.6 Å². The smallest absolute Gasteiger partial charge is 0.180 e. The van der Waals surface area contributed by atoms with Crippen molar-refractivity contribution in [1.29, 1.82) is 0 Å². The van der Waals surface area contributed by atoms with Crippen LogP contribution in [0, 0.1) is 5.41 Å². The average molecular weight is 366 g/mol. The van der Waals surface area contributed by atoms with Gasteiger partial charge in [0.25, 0.3) is 0 Å². The van der Waals surface area contributed by atoms with E-state index >= 15 is 0 Å². The van der Waals surface area contributed by atoms with Crippen LogP contribution in [0.25, 0.3) is 0 Å². The zero-order valence-electron chi connectivity index (χ0n) is 10.7. The van der Waals surface area contributed by atoms with Crippen molar-refractivity contribution in [2.45, 2.75) is 37.0 Å². The van der Waals surface area contributed by atoms with Crippen molar-refractivity contribution in [2.75, 3.05) is 11.1 Å². The second-order valence-corrected chi connectivity index (χ2v) is 8.31. The fourth-order valence-electron chi connectivity index (χ4n) is 2.80. The highest BCUT2D eigenvalue weighted by Crippen LogP contribution is 2.40. The SMILES string of the molecule is O=S(=O)(CC1(CBr)CCCCC1)c1ccccc1Cl. The second-order valence-electron chi connectivity index (χ2n) is 5.38. The van der Waals surface area contributed by atoms with Crippen LogP contribution in [0.1, 0.15) is 32.1 Å². The summed E-state index contributed by atoms with van der Waals surface area (Å²) in [6.45, 7) is 0. The molecule has 0 unspecified atom stereocenters. The van der Waals surface area contributed by atoms with Crippen molar-refractivity contribution < 1.29 is 8.42 Å². The molecule has 0 atom stereocenters. The van der Waals surface area contributed by atoms with E-state index in [1.165, 1.54) is 6.42 Å². The first-order valence-electron chi connectivity index (χ1n) is 6.52. The predicted octanol–water partition coefficient (Wildman–Crippen LogP) is 4.46. The molecule has 0 bridgehead atoms. The number of hydrogen-bond acceptors (Lipinski definition) is 2. The van der Waals surface area contributed by atoms with Crippen molar-refractivity contribution in [2.24, 2.45) is 5.41 Å². The van der Waals surface area contributed by atoms with Gasteiger partial charge in [0.1, 0.15) is 0 Å². The largest absolute Gasteiger partial charge is 0.224 e. The zero-order chi connectivity index (χ0) is 13.9. The van der Waals surface area contributed by atoms with Crippen LogP contribution in [0.2, 0.25) is 5.02 Å². The maximum atomic E-state index is 12.6. The van der Waals surface area contributed by atoms with Crippen molar-refractivity contribution >= 4 is 37.4 Å². The van der Waals surface area contributed by atoms with Gasteiger partial charge in [-0.3, -0.25) is 0 Å². The van der Waals surface area contributed by atoms with E-state index in [2.05, 4.69) is 15.9 Å². The highest BCUT2D eigenvalue weighted by atomic mass is 79.9. The molecule has 106 valence electrons. The van der Waals surface area contributed by atoms with Gasteiger partial charge in [-0.2, -0.15) is 0 Å². The van der Waals surface area contributed by atoms with E-state index in [0.717, 1.165) is 31.0 Å². The third kappa shape index (κ3) is 3.53. The molecular weight excluding hydrogens is 348 g/mol. The Hall–Kier alpha value is -0.0600. The lowest BCUT2D eigenvalue weighted by Crippen LogP contribution is -2.34. The van der Waals surface area contributed by atoms with Crippen molar-refractivity contribution in [3.63, 3.8) is 0 Å². The number of alkyl halides is 1. The van der Waals surface area contributed by atoms with Gasteiger partial charge in [0, 0.05) is 5.33 Å². The number of benzene rings is 1. The first kappa shape index (κ1) is 15.3. The fraction of sp³-hybridized carbons (Fsp3) is 0.571. The van der Waals surface area contributed by atoms with Crippen LogP contribution in [0.5, 0.6) is 0 Å². The summed E-state index contributed by atoms with van der Waals surface area (Å²) >= 11 is 9.54. The predicted molar refractivity (Wildman–Crippen MR) is 82.8 cm³/mol. The van der Waals surface area contributed by atoms with Gasteiger partial charge in [-0.25, -0.2) is 8.42 Å². The Morgan fingerprint density at radius 2 is 1.79 bits per heavy atom. The molecule has 1 aromatic rings. The maximum Gasteiger partial charge on any atom is 0.180 e. The van der Waals surface area contributed by atoms with Gasteiger partial charge < -0.3 is 0 Å². The Labute approximate surface area is 128 Å². The van der Waals surface area contributed by atoms with Crippen LogP contribution < -0.4 is 0 Å². The van der Waals surface area contributed by atoms with Crippen LogP contribution in [0.15, 0.2) is 29.2 Å². The normalized spacial score (nSPS) is 19.3. The lowest BCUT2D eigenvalue weighted by atomic mass is 9.77. The first-order valence-corrected chi connectivity index (χ1v) is 9.68. The summed E-state index contributed by atoms with van der Waals surface area (Å²) in [5.74, 6) is 0.189. The number of hydrogen-bond donors (Lipinski definition) is 0. The van der Waals surface area contributed by atoms with E-state index < -0.39 is 9.84 Å². The molecule has 0 N–H and O–H groups in total. The molecule has 0 radical (unpaired) electrons. The minimum Gasteiger partial charge on any atom is -0.224 e. The molecule has 1 aliphatic carbocycles. The van der Waals surface area contributed by atoms with Gasteiger partial charge in [0.15, 0.2) is 9.84 Å². The number of sulfone groups is 1. The number of halogens is 2. The molecule has 5 heteroatoms. The van der Waals surface area contributed by atoms with E-state index in [1.54, 1.807) is 24.3 Å². The lowest BCUT2D eigenvalue weighted by Gasteiger charge is -2.35. The molecular formula is C14H18BrClO2S. The Kier molecular flexibility index (Phi) is 4.96. The van der Waals surface area contributed by atoms with E-state index in [9.17, 15) is 8.42 Å². The minimum atomic E-state index is -3.32. The molecule has 1 saturated carbocycles. The lowest BCUT2D eigenvalue weighted by molar-refractivity contribution is 0.256. The Balaban J connectivity index is 2.28. The molecule has 0 aliphatic heterocycles.